The number of anilines is 1. The van der Waals surface area contributed by atoms with Gasteiger partial charge in [0.1, 0.15) is 11.9 Å². The molecule has 3 heteroatoms. The van der Waals surface area contributed by atoms with E-state index in [1.165, 1.54) is 17.7 Å². The molecule has 0 aromatic heterocycles. The quantitative estimate of drug-likeness (QED) is 0.867. The predicted molar refractivity (Wildman–Crippen MR) is 83.6 cm³/mol. The van der Waals surface area contributed by atoms with Crippen molar-refractivity contribution in [2.75, 3.05) is 5.32 Å². The molecule has 0 amide bonds. The Morgan fingerprint density at radius 1 is 1.19 bits per heavy atom. The van der Waals surface area contributed by atoms with E-state index in [-0.39, 0.29) is 17.8 Å². The van der Waals surface area contributed by atoms with Gasteiger partial charge >= 0.3 is 0 Å². The highest BCUT2D eigenvalue weighted by atomic mass is 19.1. The largest absolute Gasteiger partial charge is 0.370 e. The van der Waals surface area contributed by atoms with Crippen molar-refractivity contribution in [3.8, 4) is 6.07 Å². The molecule has 2 aromatic carbocycles. The third kappa shape index (κ3) is 4.32. The fourth-order valence-corrected chi connectivity index (χ4v) is 2.44. The number of halogens is 1. The van der Waals surface area contributed by atoms with Crippen molar-refractivity contribution >= 4 is 5.69 Å². The van der Waals surface area contributed by atoms with Crippen LogP contribution in [0.15, 0.2) is 48.5 Å². The summed E-state index contributed by atoms with van der Waals surface area (Å²) in [4.78, 5) is 0. The molecule has 0 aliphatic heterocycles. The number of aryl methyl sites for hydroxylation is 1. The second-order valence-corrected chi connectivity index (χ2v) is 5.39. The molecule has 2 rings (SSSR count). The molecule has 21 heavy (non-hydrogen) atoms. The van der Waals surface area contributed by atoms with Gasteiger partial charge in [-0.3, -0.25) is 0 Å². The minimum absolute atomic E-state index is 0.262. The Morgan fingerprint density at radius 2 is 1.90 bits per heavy atom. The number of hydrogen-bond acceptors (Lipinski definition) is 2. The molecule has 0 fully saturated rings. The van der Waals surface area contributed by atoms with E-state index in [1.54, 1.807) is 0 Å². The van der Waals surface area contributed by atoms with Crippen LogP contribution >= 0.6 is 0 Å². The van der Waals surface area contributed by atoms with Gasteiger partial charge < -0.3 is 5.32 Å². The van der Waals surface area contributed by atoms with Crippen molar-refractivity contribution in [3.05, 3.63) is 65.5 Å². The molecule has 2 aromatic rings. The van der Waals surface area contributed by atoms with E-state index in [2.05, 4.69) is 30.4 Å². The minimum atomic E-state index is -0.346. The summed E-state index contributed by atoms with van der Waals surface area (Å²) in [6.45, 7) is 3.93. The molecule has 0 saturated carbocycles. The van der Waals surface area contributed by atoms with Crippen molar-refractivity contribution in [3.63, 3.8) is 0 Å². The van der Waals surface area contributed by atoms with E-state index in [1.807, 2.05) is 31.2 Å². The van der Waals surface area contributed by atoms with E-state index < -0.39 is 0 Å². The van der Waals surface area contributed by atoms with Crippen LogP contribution < -0.4 is 5.32 Å². The summed E-state index contributed by atoms with van der Waals surface area (Å²) in [6, 6.07) is 16.7. The van der Waals surface area contributed by atoms with Crippen LogP contribution in [0.5, 0.6) is 0 Å². The van der Waals surface area contributed by atoms with Crippen LogP contribution in [0.1, 0.15) is 30.4 Å². The minimum Gasteiger partial charge on any atom is -0.370 e. The number of benzene rings is 2. The lowest BCUT2D eigenvalue weighted by Gasteiger charge is -2.18. The zero-order valence-electron chi connectivity index (χ0n) is 12.3. The number of nitrogens with one attached hydrogen (secondary N) is 1. The van der Waals surface area contributed by atoms with E-state index in [4.69, 9.17) is 0 Å². The smallest absolute Gasteiger partial charge is 0.125 e. The number of nitrogens with zero attached hydrogens (tertiary/aromatic N) is 1. The van der Waals surface area contributed by atoms with Crippen molar-refractivity contribution in [1.29, 1.82) is 5.26 Å². The van der Waals surface area contributed by atoms with Crippen LogP contribution in [-0.2, 0) is 0 Å². The first kappa shape index (κ1) is 15.1. The third-order valence-electron chi connectivity index (χ3n) is 3.50. The zero-order chi connectivity index (χ0) is 15.2. The second kappa shape index (κ2) is 6.90. The molecular weight excluding hydrogens is 263 g/mol. The summed E-state index contributed by atoms with van der Waals surface area (Å²) in [5, 5.41) is 12.4. The van der Waals surface area contributed by atoms with Gasteiger partial charge in [0.15, 0.2) is 0 Å². The molecule has 2 nitrogen and oxygen atoms in total. The van der Waals surface area contributed by atoms with Crippen LogP contribution in [0.2, 0.25) is 0 Å². The van der Waals surface area contributed by atoms with Crippen molar-refractivity contribution in [2.45, 2.75) is 32.2 Å². The van der Waals surface area contributed by atoms with Gasteiger partial charge in [-0.05, 0) is 48.6 Å². The molecule has 108 valence electrons. The molecule has 0 bridgehead atoms. The van der Waals surface area contributed by atoms with Gasteiger partial charge in [-0.2, -0.15) is 5.26 Å². The summed E-state index contributed by atoms with van der Waals surface area (Å²) < 4.78 is 13.4. The van der Waals surface area contributed by atoms with Crippen molar-refractivity contribution in [2.24, 2.45) is 0 Å². The third-order valence-corrected chi connectivity index (χ3v) is 3.50. The summed E-state index contributed by atoms with van der Waals surface area (Å²) in [7, 11) is 0. The Balaban J connectivity index is 2.05. The van der Waals surface area contributed by atoms with Gasteiger partial charge in [0.25, 0.3) is 0 Å². The first-order valence-electron chi connectivity index (χ1n) is 7.07. The Labute approximate surface area is 125 Å². The van der Waals surface area contributed by atoms with Gasteiger partial charge in [-0.1, -0.05) is 37.3 Å². The van der Waals surface area contributed by atoms with Crippen LogP contribution in [0.25, 0.3) is 0 Å². The molecule has 0 aliphatic carbocycles. The summed E-state index contributed by atoms with van der Waals surface area (Å²) >= 11 is 0. The maximum absolute atomic E-state index is 13.4. The lowest BCUT2D eigenvalue weighted by molar-refractivity contribution is 0.625. The van der Waals surface area contributed by atoms with Crippen LogP contribution in [0, 0.1) is 24.1 Å². The van der Waals surface area contributed by atoms with Crippen molar-refractivity contribution in [1.82, 2.24) is 0 Å². The fraction of sp³-hybridized carbons (Fsp3) is 0.278. The fourth-order valence-electron chi connectivity index (χ4n) is 2.44. The molecule has 0 radical (unpaired) electrons. The van der Waals surface area contributed by atoms with Crippen LogP contribution in [0.4, 0.5) is 10.1 Å². The lowest BCUT2D eigenvalue weighted by Crippen LogP contribution is -2.19. The normalized spacial score (nSPS) is 13.2. The summed E-state index contributed by atoms with van der Waals surface area (Å²) in [5.74, 6) is -0.0247. The molecule has 1 N–H and O–H groups in total. The first-order chi connectivity index (χ1) is 10.1. The second-order valence-electron chi connectivity index (χ2n) is 5.39. The van der Waals surface area contributed by atoms with E-state index >= 15 is 0 Å². The highest BCUT2D eigenvalue weighted by Gasteiger charge is 2.14. The highest BCUT2D eigenvalue weighted by molar-refractivity contribution is 5.48. The zero-order valence-corrected chi connectivity index (χ0v) is 12.3. The van der Waals surface area contributed by atoms with E-state index in [9.17, 15) is 9.65 Å². The lowest BCUT2D eigenvalue weighted by atomic mass is 9.94. The molecule has 0 aliphatic rings. The molecule has 0 saturated heterocycles. The first-order valence-corrected chi connectivity index (χ1v) is 7.07. The Morgan fingerprint density at radius 3 is 2.52 bits per heavy atom. The van der Waals surface area contributed by atoms with Gasteiger partial charge in [0.05, 0.1) is 6.07 Å². The van der Waals surface area contributed by atoms with Crippen LogP contribution in [0.3, 0.4) is 0 Å². The molecule has 2 unspecified atom stereocenters. The molecule has 2 atom stereocenters. The Hall–Kier alpha value is -2.34. The number of rotatable bonds is 5. The van der Waals surface area contributed by atoms with E-state index in [0.29, 0.717) is 12.1 Å². The Kier molecular flexibility index (Phi) is 4.94. The predicted octanol–water partition coefficient (Wildman–Crippen LogP) is 4.63. The van der Waals surface area contributed by atoms with E-state index in [0.717, 1.165) is 5.56 Å². The average Bonchev–Trinajstić information content (AvgIpc) is 2.46. The monoisotopic (exact) mass is 282 g/mol. The van der Waals surface area contributed by atoms with Crippen LogP contribution in [-0.4, -0.2) is 6.04 Å². The topological polar surface area (TPSA) is 35.8 Å². The average molecular weight is 282 g/mol. The standard InChI is InChI=1S/C18H19FN2/c1-13-8-16(19)11-17(9-13)21-18(12-20)10-14(2)15-6-4-3-5-7-15/h3-9,11,14,18,21H,10H2,1-2H3. The number of hydrogen-bond donors (Lipinski definition) is 1. The Bertz CT molecular complexity index is 611. The molecular formula is C18H19FN2. The number of nitriles is 1. The van der Waals surface area contributed by atoms with Crippen molar-refractivity contribution < 1.29 is 4.39 Å². The maximum Gasteiger partial charge on any atom is 0.125 e. The highest BCUT2D eigenvalue weighted by Crippen LogP contribution is 2.22. The SMILES string of the molecule is Cc1cc(F)cc(NC(C#N)CC(C)c2ccccc2)c1. The van der Waals surface area contributed by atoms with Gasteiger partial charge in [0, 0.05) is 5.69 Å². The maximum atomic E-state index is 13.4. The molecule has 0 heterocycles. The van der Waals surface area contributed by atoms with Gasteiger partial charge in [0.2, 0.25) is 0 Å². The molecule has 0 spiro atoms. The summed E-state index contributed by atoms with van der Waals surface area (Å²) in [5.41, 5.74) is 2.69. The van der Waals surface area contributed by atoms with Gasteiger partial charge in [-0.15, -0.1) is 0 Å². The van der Waals surface area contributed by atoms with Gasteiger partial charge in [-0.25, -0.2) is 4.39 Å². The summed E-state index contributed by atoms with van der Waals surface area (Å²) in [6.07, 6.45) is 0.677.